The Labute approximate surface area is 109 Å². The highest BCUT2D eigenvalue weighted by molar-refractivity contribution is 6.00. The number of nitrogens with one attached hydrogen (secondary N) is 1. The van der Waals surface area contributed by atoms with Gasteiger partial charge in [0.2, 0.25) is 0 Å². The molecule has 4 nitrogen and oxygen atoms in total. The van der Waals surface area contributed by atoms with Crippen molar-refractivity contribution in [2.24, 2.45) is 11.7 Å². The molecule has 100 valence electrons. The topological polar surface area (TPSA) is 62.3 Å². The molecule has 0 aliphatic heterocycles. The van der Waals surface area contributed by atoms with Gasteiger partial charge in [0.05, 0.1) is 12.8 Å². The Morgan fingerprint density at radius 1 is 1.33 bits per heavy atom. The predicted molar refractivity (Wildman–Crippen MR) is 76.7 cm³/mol. The Morgan fingerprint density at radius 2 is 1.94 bits per heavy atom. The van der Waals surface area contributed by atoms with Gasteiger partial charge in [-0.05, 0) is 25.0 Å². The molecule has 1 atom stereocenters. The minimum Gasteiger partial charge on any atom is -0.497 e. The fraction of sp³-hybridized carbons (Fsp3) is 0.500. The van der Waals surface area contributed by atoms with Crippen LogP contribution in [0.5, 0.6) is 5.75 Å². The Balaban J connectivity index is 3.22. The third kappa shape index (κ3) is 2.94. The van der Waals surface area contributed by atoms with Gasteiger partial charge in [-0.2, -0.15) is 0 Å². The minimum atomic E-state index is 0.0791. The maximum atomic E-state index is 7.66. The molecule has 0 aliphatic rings. The highest BCUT2D eigenvalue weighted by Gasteiger charge is 2.18. The lowest BCUT2D eigenvalue weighted by Gasteiger charge is -2.31. The van der Waals surface area contributed by atoms with Gasteiger partial charge in [0.1, 0.15) is 11.6 Å². The summed E-state index contributed by atoms with van der Waals surface area (Å²) >= 11 is 0. The van der Waals surface area contributed by atoms with Gasteiger partial charge in [-0.1, -0.05) is 13.8 Å². The van der Waals surface area contributed by atoms with Gasteiger partial charge in [0, 0.05) is 24.7 Å². The van der Waals surface area contributed by atoms with Crippen molar-refractivity contribution in [1.82, 2.24) is 0 Å². The van der Waals surface area contributed by atoms with Gasteiger partial charge in [-0.25, -0.2) is 0 Å². The van der Waals surface area contributed by atoms with Gasteiger partial charge in [0.25, 0.3) is 0 Å². The van der Waals surface area contributed by atoms with E-state index in [4.69, 9.17) is 15.9 Å². The summed E-state index contributed by atoms with van der Waals surface area (Å²) < 4.78 is 5.24. The van der Waals surface area contributed by atoms with Crippen LogP contribution in [0.25, 0.3) is 0 Å². The standard InChI is InChI=1S/C14H23N3O/c1-9(2)10(3)17(4)13-8-11(18-5)6-7-12(13)14(15)16/h6-10H,1-5H3,(H3,15,16). The average Bonchev–Trinajstić information content (AvgIpc) is 2.35. The zero-order chi connectivity index (χ0) is 13.9. The van der Waals surface area contributed by atoms with Crippen LogP contribution < -0.4 is 15.4 Å². The Hall–Kier alpha value is -1.71. The second-order valence-corrected chi connectivity index (χ2v) is 4.89. The quantitative estimate of drug-likeness (QED) is 0.622. The first kappa shape index (κ1) is 14.4. The molecule has 0 saturated heterocycles. The number of amidine groups is 1. The number of ether oxygens (including phenoxy) is 1. The van der Waals surface area contributed by atoms with Crippen LogP contribution in [0.2, 0.25) is 0 Å². The third-order valence-electron chi connectivity index (χ3n) is 3.45. The van der Waals surface area contributed by atoms with Crippen LogP contribution in [0.1, 0.15) is 26.3 Å². The molecule has 0 radical (unpaired) electrons. The Kier molecular flexibility index (Phi) is 4.59. The Bertz CT molecular complexity index is 429. The molecule has 0 amide bonds. The molecule has 0 aromatic heterocycles. The number of benzene rings is 1. The van der Waals surface area contributed by atoms with Crippen LogP contribution in [0.4, 0.5) is 5.69 Å². The molecule has 0 saturated carbocycles. The second-order valence-electron chi connectivity index (χ2n) is 4.89. The van der Waals surface area contributed by atoms with E-state index in [-0.39, 0.29) is 5.84 Å². The van der Waals surface area contributed by atoms with Gasteiger partial charge >= 0.3 is 0 Å². The summed E-state index contributed by atoms with van der Waals surface area (Å²) in [4.78, 5) is 2.14. The molecule has 1 aromatic carbocycles. The van der Waals surface area contributed by atoms with Gasteiger partial charge in [0.15, 0.2) is 0 Å². The van der Waals surface area contributed by atoms with Gasteiger partial charge in [-0.15, -0.1) is 0 Å². The van der Waals surface area contributed by atoms with E-state index in [9.17, 15) is 0 Å². The summed E-state index contributed by atoms with van der Waals surface area (Å²) in [5.41, 5.74) is 7.31. The molecule has 0 bridgehead atoms. The number of nitrogen functional groups attached to an aromatic ring is 1. The van der Waals surface area contributed by atoms with Crippen LogP contribution in [0.3, 0.4) is 0 Å². The molecule has 1 aromatic rings. The minimum absolute atomic E-state index is 0.0791. The summed E-state index contributed by atoms with van der Waals surface area (Å²) in [6, 6.07) is 5.94. The number of anilines is 1. The summed E-state index contributed by atoms with van der Waals surface area (Å²) in [5, 5.41) is 7.66. The van der Waals surface area contributed by atoms with Crippen molar-refractivity contribution in [3.05, 3.63) is 23.8 Å². The number of nitrogens with zero attached hydrogens (tertiary/aromatic N) is 1. The van der Waals surface area contributed by atoms with Crippen molar-refractivity contribution in [1.29, 1.82) is 5.41 Å². The van der Waals surface area contributed by atoms with Crippen LogP contribution >= 0.6 is 0 Å². The van der Waals surface area contributed by atoms with Crippen LogP contribution in [0.15, 0.2) is 18.2 Å². The molecule has 1 rings (SSSR count). The smallest absolute Gasteiger partial charge is 0.124 e. The van der Waals surface area contributed by atoms with E-state index in [1.807, 2.05) is 25.2 Å². The zero-order valence-electron chi connectivity index (χ0n) is 11.8. The van der Waals surface area contributed by atoms with Crippen LogP contribution in [-0.2, 0) is 0 Å². The molecule has 3 N–H and O–H groups in total. The number of hydrogen-bond acceptors (Lipinski definition) is 3. The molecular formula is C14H23N3O. The molecule has 4 heteroatoms. The van der Waals surface area contributed by atoms with Gasteiger partial charge in [-0.3, -0.25) is 5.41 Å². The van der Waals surface area contributed by atoms with E-state index in [0.29, 0.717) is 12.0 Å². The van der Waals surface area contributed by atoms with Gasteiger partial charge < -0.3 is 15.4 Å². The van der Waals surface area contributed by atoms with E-state index in [1.54, 1.807) is 7.11 Å². The first-order valence-electron chi connectivity index (χ1n) is 6.13. The van der Waals surface area contributed by atoms with Crippen LogP contribution in [-0.4, -0.2) is 26.0 Å². The van der Waals surface area contributed by atoms with Crippen molar-refractivity contribution in [2.75, 3.05) is 19.1 Å². The second kappa shape index (κ2) is 5.76. The molecule has 18 heavy (non-hydrogen) atoms. The lowest BCUT2D eigenvalue weighted by atomic mass is 10.0. The normalized spacial score (nSPS) is 12.3. The maximum absolute atomic E-state index is 7.66. The van der Waals surface area contributed by atoms with Crippen molar-refractivity contribution < 1.29 is 4.74 Å². The SMILES string of the molecule is COc1ccc(C(=N)N)c(N(C)C(C)C(C)C)c1. The molecule has 0 fully saturated rings. The maximum Gasteiger partial charge on any atom is 0.124 e. The summed E-state index contributed by atoms with van der Waals surface area (Å²) in [7, 11) is 3.66. The fourth-order valence-corrected chi connectivity index (χ4v) is 1.82. The largest absolute Gasteiger partial charge is 0.497 e. The lowest BCUT2D eigenvalue weighted by Crippen LogP contribution is -2.34. The third-order valence-corrected chi connectivity index (χ3v) is 3.45. The van der Waals surface area contributed by atoms with E-state index < -0.39 is 0 Å². The summed E-state index contributed by atoms with van der Waals surface area (Å²) in [6.07, 6.45) is 0. The monoisotopic (exact) mass is 249 g/mol. The van der Waals surface area contributed by atoms with E-state index in [1.165, 1.54) is 0 Å². The zero-order valence-corrected chi connectivity index (χ0v) is 11.8. The van der Waals surface area contributed by atoms with Crippen molar-refractivity contribution in [3.8, 4) is 5.75 Å². The van der Waals surface area contributed by atoms with E-state index in [2.05, 4.69) is 25.7 Å². The lowest BCUT2D eigenvalue weighted by molar-refractivity contribution is 0.414. The number of methoxy groups -OCH3 is 1. The molecule has 1 unspecified atom stereocenters. The van der Waals surface area contributed by atoms with Crippen molar-refractivity contribution >= 4 is 11.5 Å². The molecule has 0 spiro atoms. The number of rotatable bonds is 5. The van der Waals surface area contributed by atoms with E-state index >= 15 is 0 Å². The van der Waals surface area contributed by atoms with E-state index in [0.717, 1.165) is 17.0 Å². The Morgan fingerprint density at radius 3 is 2.39 bits per heavy atom. The predicted octanol–water partition coefficient (Wildman–Crippen LogP) is 2.46. The average molecular weight is 249 g/mol. The van der Waals surface area contributed by atoms with Crippen molar-refractivity contribution in [2.45, 2.75) is 26.8 Å². The highest BCUT2D eigenvalue weighted by atomic mass is 16.5. The molecule has 0 aliphatic carbocycles. The molecular weight excluding hydrogens is 226 g/mol. The molecule has 0 heterocycles. The fourth-order valence-electron chi connectivity index (χ4n) is 1.82. The first-order chi connectivity index (χ1) is 8.38. The summed E-state index contributed by atoms with van der Waals surface area (Å²) in [5.74, 6) is 1.37. The first-order valence-corrected chi connectivity index (χ1v) is 6.13. The van der Waals surface area contributed by atoms with Crippen molar-refractivity contribution in [3.63, 3.8) is 0 Å². The van der Waals surface area contributed by atoms with Crippen LogP contribution in [0, 0.1) is 11.3 Å². The highest BCUT2D eigenvalue weighted by Crippen LogP contribution is 2.28. The summed E-state index contributed by atoms with van der Waals surface area (Å²) in [6.45, 7) is 6.51. The number of nitrogens with two attached hydrogens (primary N) is 1. The number of hydrogen-bond donors (Lipinski definition) is 2.